The molecule has 4 radical (unpaired) electrons. The number of aliphatic hydroxyl groups is 8. The number of aromatic nitrogens is 8. The summed E-state index contributed by atoms with van der Waals surface area (Å²) in [7, 11) is 3.33. The fourth-order valence-corrected chi connectivity index (χ4v) is 16.9. The number of ether oxygens (including phenoxy) is 2. The van der Waals surface area contributed by atoms with Crippen molar-refractivity contribution in [3.63, 3.8) is 0 Å². The van der Waals surface area contributed by atoms with Crippen LogP contribution in [0.3, 0.4) is 0 Å². The summed E-state index contributed by atoms with van der Waals surface area (Å²) >= 11 is 0. The molecule has 0 bridgehead atoms. The van der Waals surface area contributed by atoms with Crippen molar-refractivity contribution in [3.8, 4) is 56.5 Å². The monoisotopic (exact) mass is 2620 g/mol. The number of benzene rings is 16. The molecule has 0 aliphatic carbocycles. The van der Waals surface area contributed by atoms with E-state index in [9.17, 15) is 0 Å². The number of rotatable bonds is 14. The molecule has 20 aromatic rings. The van der Waals surface area contributed by atoms with Gasteiger partial charge in [0, 0.05) is 155 Å². The summed E-state index contributed by atoms with van der Waals surface area (Å²) in [6.45, 7) is 33.2. The van der Waals surface area contributed by atoms with E-state index >= 15 is 0 Å². The molecule has 750 valence electrons. The molecule has 0 aliphatic rings. The van der Waals surface area contributed by atoms with Crippen molar-refractivity contribution in [2.75, 3.05) is 14.2 Å². The van der Waals surface area contributed by atoms with Gasteiger partial charge in [-0.2, -0.15) is 0 Å². The summed E-state index contributed by atoms with van der Waals surface area (Å²) in [6.07, 6.45) is 6.33. The van der Waals surface area contributed by atoms with Crippen LogP contribution in [0.15, 0.2) is 274 Å². The first kappa shape index (κ1) is 115. The largest absolute Gasteiger partial charge is 0.540 e. The van der Waals surface area contributed by atoms with Crippen LogP contribution in [0.5, 0.6) is 11.5 Å². The van der Waals surface area contributed by atoms with Crippen LogP contribution in [0.2, 0.25) is 0 Å². The zero-order valence-corrected chi connectivity index (χ0v) is 93.8. The van der Waals surface area contributed by atoms with Crippen molar-refractivity contribution in [1.82, 2.24) is 39.9 Å². The van der Waals surface area contributed by atoms with Crippen LogP contribution in [0.25, 0.3) is 175 Å². The zero-order chi connectivity index (χ0) is 99.7. The molecule has 0 spiro atoms. The van der Waals surface area contributed by atoms with Gasteiger partial charge in [0.05, 0.1) is 108 Å². The molecule has 0 saturated carbocycles. The topological polar surface area (TPSA) is 283 Å². The van der Waals surface area contributed by atoms with Crippen LogP contribution in [0.1, 0.15) is 150 Å². The Labute approximate surface area is 892 Å². The minimum absolute atomic E-state index is 0. The summed E-state index contributed by atoms with van der Waals surface area (Å²) in [6, 6.07) is 98.8. The molecule has 4 aromatic heterocycles. The quantitative estimate of drug-likeness (QED) is 0.0371. The number of aryl methyl sites for hydroxylation is 3. The van der Waals surface area contributed by atoms with Crippen LogP contribution in [0, 0.1) is 45.0 Å². The fraction of sp³-hybridized carbons (Fsp3) is 0.273. The van der Waals surface area contributed by atoms with Crippen molar-refractivity contribution in [3.05, 3.63) is 326 Å². The van der Waals surface area contributed by atoms with Gasteiger partial charge in [-0.15, -0.1) is 106 Å². The standard InChI is InChI=1S/C30H29N2.C24H17N2O2.C24H17N2.C23H15N2.4C5H12O2.4Ir/c1-29(2,3)20-12-14-22-24(16-20)25-17-21(30(4,5)6)13-15-23(25)28-27(22)31-18-26(32-28)19-10-8-7-9-11-19;1-27-16-8-10-18-20(12-16)21-13-17(28-2)9-11-19(21)24-23(18)25-14-22(26-24)15-6-4-3-5-7-15;1-15-12-20-18-10-6-7-11-19(18)23-24(21(20)13-16(15)2)26-22(14-25-23)17-8-4-3-5-9-17;1-15-11-12-18-17-9-5-6-10-19(17)22-23(20(18)13-15)25-21(14-24-22)16-7-3-2-4-8-16;4*1-4(6)3-5(2)7;;;;/h7-13,15-18H,1-6H3;3-9,11-14H,1-2H3;3-10,12-14H,1-2H3;2-9,11-14H,1H3;4*4-7H,3H2,1-2H3;;;;/q4*-1;;;;;;;;. The number of hydrogen-bond donors (Lipinski definition) is 8. The minimum Gasteiger partial charge on any atom is -0.540 e. The van der Waals surface area contributed by atoms with Crippen LogP contribution in [0.4, 0.5) is 0 Å². The Morgan fingerprint density at radius 3 is 0.916 bits per heavy atom. The molecule has 18 nitrogen and oxygen atoms in total. The molecule has 16 aromatic carbocycles. The van der Waals surface area contributed by atoms with Gasteiger partial charge in [-0.3, -0.25) is 19.9 Å². The number of hydrogen-bond acceptors (Lipinski definition) is 18. The second-order valence-electron chi connectivity index (χ2n) is 38.1. The van der Waals surface area contributed by atoms with E-state index in [1.54, 1.807) is 69.6 Å². The third-order valence-corrected chi connectivity index (χ3v) is 23.8. The number of methoxy groups -OCH3 is 2. The second-order valence-corrected chi connectivity index (χ2v) is 38.1. The van der Waals surface area contributed by atoms with E-state index in [-0.39, 0.29) is 140 Å². The average Bonchev–Trinajstić information content (AvgIpc) is 0.736. The van der Waals surface area contributed by atoms with Crippen molar-refractivity contribution >= 4 is 130 Å². The summed E-state index contributed by atoms with van der Waals surface area (Å²) in [4.78, 5) is 39.3. The van der Waals surface area contributed by atoms with Gasteiger partial charge in [0.1, 0.15) is 5.75 Å². The molecule has 8 N–H and O–H groups in total. The Balaban J connectivity index is 0.000000193. The third kappa shape index (κ3) is 29.4. The van der Waals surface area contributed by atoms with Gasteiger partial charge in [0.2, 0.25) is 0 Å². The molecule has 20 rings (SSSR count). The van der Waals surface area contributed by atoms with Gasteiger partial charge in [0.25, 0.3) is 0 Å². The van der Waals surface area contributed by atoms with E-state index in [0.29, 0.717) is 25.7 Å². The zero-order valence-electron chi connectivity index (χ0n) is 84.2. The molecule has 0 aliphatic heterocycles. The van der Waals surface area contributed by atoms with Crippen molar-refractivity contribution in [2.45, 2.75) is 203 Å². The van der Waals surface area contributed by atoms with Gasteiger partial charge in [-0.25, -0.2) is 0 Å². The Bertz CT molecular complexity index is 7560. The predicted octanol–water partition coefficient (Wildman–Crippen LogP) is 25.7. The second kappa shape index (κ2) is 52.6. The van der Waals surface area contributed by atoms with Gasteiger partial charge in [-0.1, -0.05) is 267 Å². The normalized spacial score (nSPS) is 12.8. The maximum atomic E-state index is 8.56. The molecule has 22 heteroatoms. The first-order valence-corrected chi connectivity index (χ1v) is 47.4. The number of aliphatic hydroxyl groups excluding tert-OH is 8. The van der Waals surface area contributed by atoms with E-state index in [0.717, 1.165) is 155 Å². The Hall–Kier alpha value is -11.2. The number of fused-ring (bicyclic) bond motifs is 24. The maximum absolute atomic E-state index is 8.56. The maximum Gasteiger partial charge on any atom is 0.118 e. The van der Waals surface area contributed by atoms with Gasteiger partial charge in [-0.05, 0) is 168 Å². The third-order valence-electron chi connectivity index (χ3n) is 23.8. The Morgan fingerprint density at radius 1 is 0.266 bits per heavy atom. The summed E-state index contributed by atoms with van der Waals surface area (Å²) in [5.41, 5.74) is 21.5. The number of nitrogens with zero attached hydrogens (tertiary/aromatic N) is 8. The molecule has 4 heterocycles. The van der Waals surface area contributed by atoms with Crippen LogP contribution in [-0.4, -0.2) is 144 Å². The molecule has 8 atom stereocenters. The fourth-order valence-electron chi connectivity index (χ4n) is 16.9. The van der Waals surface area contributed by atoms with Crippen LogP contribution in [-0.2, 0) is 91.3 Å². The first-order valence-electron chi connectivity index (χ1n) is 47.4. The molecule has 0 amide bonds. The molecule has 8 unspecified atom stereocenters. The van der Waals surface area contributed by atoms with Gasteiger partial charge >= 0.3 is 0 Å². The molecular weight excluding hydrogens is 2490 g/mol. The van der Waals surface area contributed by atoms with Crippen LogP contribution < -0.4 is 9.47 Å². The molecule has 0 saturated heterocycles. The molecular formula is C121H126Ir4N8O10-4. The van der Waals surface area contributed by atoms with E-state index in [1.165, 1.54) is 60.1 Å². The van der Waals surface area contributed by atoms with E-state index in [4.69, 9.17) is 90.2 Å². The Kier molecular flexibility index (Phi) is 42.4. The van der Waals surface area contributed by atoms with Crippen molar-refractivity contribution in [2.24, 2.45) is 0 Å². The van der Waals surface area contributed by atoms with E-state index < -0.39 is 0 Å². The first-order chi connectivity index (χ1) is 66.4. The smallest absolute Gasteiger partial charge is 0.118 e. The van der Waals surface area contributed by atoms with Gasteiger partial charge in [0.15, 0.2) is 0 Å². The van der Waals surface area contributed by atoms with Gasteiger partial charge < -0.3 is 70.3 Å². The summed E-state index contributed by atoms with van der Waals surface area (Å²) < 4.78 is 10.9. The summed E-state index contributed by atoms with van der Waals surface area (Å²) in [5, 5.41) is 86.2. The predicted molar refractivity (Wildman–Crippen MR) is 572 cm³/mol. The molecule has 143 heavy (non-hydrogen) atoms. The SMILES string of the molecule is CC(C)(C)c1c[c-]c2c(c1)c1cc(C(C)(C)C)ccc1c1nc(-c3ccccc3)cnc21.CC(O)CC(C)O.CC(O)CC(C)O.CC(O)CC(C)O.CC(O)CC(C)O.COc1c[c-]c2c(c1)c1cc(OC)ccc1c1nc(-c3ccccc3)cnc21.Cc1cc2c3ccc[c-]c3c3ncc(-c4ccccc4)nc3c2cc1C.Cc1ccc2c3ccc[c-]c3c3ncc(-c4ccccc4)nc3c2c1.[Ir].[Ir].[Ir].[Ir]. The Morgan fingerprint density at radius 2 is 0.559 bits per heavy atom. The van der Waals surface area contributed by atoms with E-state index in [2.05, 4.69) is 196 Å². The van der Waals surface area contributed by atoms with Crippen LogP contribution >= 0.6 is 0 Å². The summed E-state index contributed by atoms with van der Waals surface area (Å²) in [5.74, 6) is 1.55. The van der Waals surface area contributed by atoms with Crippen molar-refractivity contribution < 1.29 is 131 Å². The minimum atomic E-state index is -0.375. The van der Waals surface area contributed by atoms with E-state index in [1.807, 2.05) is 164 Å². The average molecular weight is 2620 g/mol. The van der Waals surface area contributed by atoms with Crippen molar-refractivity contribution in [1.29, 1.82) is 0 Å². The molecule has 0 fully saturated rings.